The van der Waals surface area contributed by atoms with Gasteiger partial charge >= 0.3 is 6.18 Å². The molecule has 9 heteroatoms. The van der Waals surface area contributed by atoms with Crippen molar-refractivity contribution in [1.29, 1.82) is 0 Å². The molecule has 3 atom stereocenters. The van der Waals surface area contributed by atoms with Crippen LogP contribution in [0, 0.1) is 0 Å². The van der Waals surface area contributed by atoms with Gasteiger partial charge in [0.25, 0.3) is 5.91 Å². The molecule has 0 fully saturated rings. The predicted octanol–water partition coefficient (Wildman–Crippen LogP) is 5.04. The van der Waals surface area contributed by atoms with Crippen molar-refractivity contribution in [3.63, 3.8) is 0 Å². The SMILES string of the molecule is COc1cccc(C2CC(C(F)(F)F)n3ncc(C(=O)NC(C)c4ccccc4)c3N2)c1. The monoisotopic (exact) mass is 444 g/mol. The van der Waals surface area contributed by atoms with Crippen molar-refractivity contribution in [3.05, 3.63) is 77.5 Å². The Morgan fingerprint density at radius 3 is 2.66 bits per heavy atom. The van der Waals surface area contributed by atoms with E-state index in [0.717, 1.165) is 10.2 Å². The van der Waals surface area contributed by atoms with E-state index in [2.05, 4.69) is 15.7 Å². The number of nitrogens with one attached hydrogen (secondary N) is 2. The molecule has 0 bridgehead atoms. The number of carbonyl (C=O) groups is 1. The molecule has 2 N–H and O–H groups in total. The second kappa shape index (κ2) is 8.57. The van der Waals surface area contributed by atoms with Crippen molar-refractivity contribution in [3.8, 4) is 5.75 Å². The Morgan fingerprint density at radius 2 is 1.97 bits per heavy atom. The molecule has 0 spiro atoms. The third-order valence-corrected chi connectivity index (χ3v) is 5.63. The van der Waals surface area contributed by atoms with Gasteiger partial charge in [0.05, 0.1) is 25.4 Å². The lowest BCUT2D eigenvalue weighted by atomic mass is 9.96. The van der Waals surface area contributed by atoms with Crippen molar-refractivity contribution in [2.75, 3.05) is 12.4 Å². The van der Waals surface area contributed by atoms with Crippen molar-refractivity contribution in [2.45, 2.75) is 37.6 Å². The highest BCUT2D eigenvalue weighted by Gasteiger charge is 2.47. The first-order valence-corrected chi connectivity index (χ1v) is 10.2. The maximum absolute atomic E-state index is 13.9. The Kier molecular flexibility index (Phi) is 5.82. The zero-order valence-electron chi connectivity index (χ0n) is 17.6. The summed E-state index contributed by atoms with van der Waals surface area (Å²) in [7, 11) is 1.50. The third-order valence-electron chi connectivity index (χ3n) is 5.63. The quantitative estimate of drug-likeness (QED) is 0.578. The van der Waals surface area contributed by atoms with Gasteiger partial charge in [-0.15, -0.1) is 0 Å². The zero-order chi connectivity index (χ0) is 22.9. The molecule has 2 heterocycles. The number of benzene rings is 2. The molecule has 1 aliphatic heterocycles. The van der Waals surface area contributed by atoms with E-state index in [0.29, 0.717) is 11.3 Å². The molecule has 168 valence electrons. The van der Waals surface area contributed by atoms with Crippen molar-refractivity contribution >= 4 is 11.7 Å². The maximum Gasteiger partial charge on any atom is 0.410 e. The number of nitrogens with zero attached hydrogens (tertiary/aromatic N) is 2. The minimum atomic E-state index is -4.52. The minimum absolute atomic E-state index is 0.0455. The summed E-state index contributed by atoms with van der Waals surface area (Å²) < 4.78 is 47.7. The summed E-state index contributed by atoms with van der Waals surface area (Å²) in [5.74, 6) is 0.0908. The van der Waals surface area contributed by atoms with Crippen LogP contribution >= 0.6 is 0 Å². The van der Waals surface area contributed by atoms with Crippen LogP contribution in [0.15, 0.2) is 60.8 Å². The van der Waals surface area contributed by atoms with Gasteiger partial charge in [-0.3, -0.25) is 4.79 Å². The number of aromatic nitrogens is 2. The van der Waals surface area contributed by atoms with Gasteiger partial charge in [-0.25, -0.2) is 4.68 Å². The summed E-state index contributed by atoms with van der Waals surface area (Å²) in [6.45, 7) is 1.81. The van der Waals surface area contributed by atoms with Gasteiger partial charge in [0.1, 0.15) is 17.1 Å². The van der Waals surface area contributed by atoms with Gasteiger partial charge in [-0.2, -0.15) is 18.3 Å². The Balaban J connectivity index is 1.66. The average molecular weight is 444 g/mol. The van der Waals surface area contributed by atoms with Gasteiger partial charge in [-0.1, -0.05) is 42.5 Å². The standard InChI is InChI=1S/C23H23F3N4O2/c1-14(15-7-4-3-5-8-15)28-22(31)18-13-27-30-20(23(24,25)26)12-19(29-21(18)30)16-9-6-10-17(11-16)32-2/h3-11,13-14,19-20,29H,12H2,1-2H3,(H,28,31). The number of methoxy groups -OCH3 is 1. The molecule has 1 aromatic heterocycles. The highest BCUT2D eigenvalue weighted by Crippen LogP contribution is 2.44. The fourth-order valence-electron chi connectivity index (χ4n) is 3.91. The first-order valence-electron chi connectivity index (χ1n) is 10.2. The summed E-state index contributed by atoms with van der Waals surface area (Å²) in [5.41, 5.74) is 1.59. The topological polar surface area (TPSA) is 68.2 Å². The Morgan fingerprint density at radius 1 is 1.22 bits per heavy atom. The van der Waals surface area contributed by atoms with Crippen LogP contribution in [-0.4, -0.2) is 29.0 Å². The van der Waals surface area contributed by atoms with Gasteiger partial charge in [0.2, 0.25) is 0 Å². The highest BCUT2D eigenvalue weighted by molar-refractivity contribution is 5.99. The molecule has 6 nitrogen and oxygen atoms in total. The first-order chi connectivity index (χ1) is 15.3. The van der Waals surface area contributed by atoms with E-state index in [4.69, 9.17) is 4.74 Å². The number of ether oxygens (including phenoxy) is 1. The smallest absolute Gasteiger partial charge is 0.410 e. The molecular weight excluding hydrogens is 421 g/mol. The predicted molar refractivity (Wildman–Crippen MR) is 114 cm³/mol. The molecule has 2 aromatic carbocycles. The van der Waals surface area contributed by atoms with Crippen LogP contribution in [0.1, 0.15) is 53.0 Å². The first kappa shape index (κ1) is 21.7. The van der Waals surface area contributed by atoms with Crippen LogP contribution in [0.2, 0.25) is 0 Å². The molecule has 0 saturated carbocycles. The Hall–Kier alpha value is -3.49. The van der Waals surface area contributed by atoms with E-state index in [9.17, 15) is 18.0 Å². The fourth-order valence-corrected chi connectivity index (χ4v) is 3.91. The number of amides is 1. The second-order valence-electron chi connectivity index (χ2n) is 7.72. The lowest BCUT2D eigenvalue weighted by Gasteiger charge is -2.34. The van der Waals surface area contributed by atoms with Gasteiger partial charge in [-0.05, 0) is 30.2 Å². The van der Waals surface area contributed by atoms with Crippen molar-refractivity contribution in [1.82, 2.24) is 15.1 Å². The highest BCUT2D eigenvalue weighted by atomic mass is 19.4. The molecule has 4 rings (SSSR count). The lowest BCUT2D eigenvalue weighted by Crippen LogP contribution is -2.36. The number of alkyl halides is 3. The van der Waals surface area contributed by atoms with Crippen LogP contribution in [0.3, 0.4) is 0 Å². The second-order valence-corrected chi connectivity index (χ2v) is 7.72. The molecule has 0 radical (unpaired) electrons. The van der Waals surface area contributed by atoms with Crippen LogP contribution in [-0.2, 0) is 0 Å². The summed E-state index contributed by atoms with van der Waals surface area (Å²) >= 11 is 0. The number of fused-ring (bicyclic) bond motifs is 1. The maximum atomic E-state index is 13.9. The summed E-state index contributed by atoms with van der Waals surface area (Å²) in [5, 5.41) is 9.85. The molecular formula is C23H23F3N4O2. The molecule has 1 aliphatic rings. The molecule has 3 aromatic rings. The largest absolute Gasteiger partial charge is 0.497 e. The van der Waals surface area contributed by atoms with Crippen LogP contribution in [0.5, 0.6) is 5.75 Å². The van der Waals surface area contributed by atoms with Crippen molar-refractivity contribution < 1.29 is 22.7 Å². The van der Waals surface area contributed by atoms with Crippen LogP contribution in [0.4, 0.5) is 19.0 Å². The molecule has 3 unspecified atom stereocenters. The van der Waals surface area contributed by atoms with E-state index in [1.807, 2.05) is 37.3 Å². The lowest BCUT2D eigenvalue weighted by molar-refractivity contribution is -0.173. The molecule has 32 heavy (non-hydrogen) atoms. The summed E-state index contributed by atoms with van der Waals surface area (Å²) in [6, 6.07) is 13.3. The fraction of sp³-hybridized carbons (Fsp3) is 0.304. The number of hydrogen-bond donors (Lipinski definition) is 2. The number of carbonyl (C=O) groups excluding carboxylic acids is 1. The normalized spacial score (nSPS) is 18.9. The molecule has 1 amide bonds. The van der Waals surface area contributed by atoms with E-state index >= 15 is 0 Å². The van der Waals surface area contributed by atoms with Gasteiger partial charge in [0, 0.05) is 6.42 Å². The number of halogens is 3. The van der Waals surface area contributed by atoms with Gasteiger partial charge in [0.15, 0.2) is 6.04 Å². The molecule has 0 aliphatic carbocycles. The number of rotatable bonds is 5. The van der Waals surface area contributed by atoms with E-state index in [1.54, 1.807) is 24.3 Å². The minimum Gasteiger partial charge on any atom is -0.497 e. The number of anilines is 1. The van der Waals surface area contributed by atoms with E-state index < -0.39 is 24.2 Å². The zero-order valence-corrected chi connectivity index (χ0v) is 17.6. The van der Waals surface area contributed by atoms with E-state index in [1.165, 1.54) is 13.3 Å². The summed E-state index contributed by atoms with van der Waals surface area (Å²) in [6.07, 6.45) is -3.60. The Labute approximate surface area is 183 Å². The molecule has 0 saturated heterocycles. The van der Waals surface area contributed by atoms with Crippen LogP contribution in [0.25, 0.3) is 0 Å². The van der Waals surface area contributed by atoms with Gasteiger partial charge < -0.3 is 15.4 Å². The van der Waals surface area contributed by atoms with E-state index in [-0.39, 0.29) is 23.8 Å². The van der Waals surface area contributed by atoms with Crippen LogP contribution < -0.4 is 15.4 Å². The Bertz CT molecular complexity index is 1100. The average Bonchev–Trinajstić information content (AvgIpc) is 3.22. The number of hydrogen-bond acceptors (Lipinski definition) is 4. The summed E-state index contributed by atoms with van der Waals surface area (Å²) in [4.78, 5) is 13.0. The third kappa shape index (κ3) is 4.28. The van der Waals surface area contributed by atoms with Crippen molar-refractivity contribution in [2.24, 2.45) is 0 Å².